The lowest BCUT2D eigenvalue weighted by atomic mass is 10.0. The molecular weight excluding hydrogens is 565 g/mol. The van der Waals surface area contributed by atoms with Gasteiger partial charge in [-0.15, -0.1) is 5.11 Å². The van der Waals surface area contributed by atoms with Gasteiger partial charge in [-0.2, -0.15) is 13.5 Å². The summed E-state index contributed by atoms with van der Waals surface area (Å²) in [5.74, 6) is -0.644. The van der Waals surface area contributed by atoms with E-state index in [4.69, 9.17) is 27.9 Å². The van der Waals surface area contributed by atoms with E-state index in [0.29, 0.717) is 39.4 Å². The third kappa shape index (κ3) is 5.99. The van der Waals surface area contributed by atoms with Crippen LogP contribution in [0.5, 0.6) is 11.5 Å². The molecule has 202 valence electrons. The van der Waals surface area contributed by atoms with E-state index in [-0.39, 0.29) is 28.4 Å². The van der Waals surface area contributed by atoms with Gasteiger partial charge in [-0.1, -0.05) is 54.4 Å². The maximum Gasteiger partial charge on any atom is 0.296 e. The lowest BCUT2D eigenvalue weighted by molar-refractivity contribution is 0.102. The number of phenolic OH excluding ortho intramolecular Hbond substituents is 1. The minimum Gasteiger partial charge on any atom is -0.505 e. The molecule has 0 aliphatic carbocycles. The molecule has 39 heavy (non-hydrogen) atoms. The summed E-state index contributed by atoms with van der Waals surface area (Å²) in [5.41, 5.74) is 0.837. The summed E-state index contributed by atoms with van der Waals surface area (Å²) in [6.07, 6.45) is 0.285. The quantitative estimate of drug-likeness (QED) is 0.142. The smallest absolute Gasteiger partial charge is 0.296 e. The number of carbonyl (C=O) groups excluding carboxylic acids is 1. The highest BCUT2D eigenvalue weighted by Crippen LogP contribution is 2.41. The van der Waals surface area contributed by atoms with Gasteiger partial charge in [-0.25, -0.2) is 0 Å². The van der Waals surface area contributed by atoms with Crippen molar-refractivity contribution in [3.8, 4) is 11.5 Å². The molecule has 0 aliphatic rings. The molecule has 3 N–H and O–H groups in total. The van der Waals surface area contributed by atoms with Crippen molar-refractivity contribution in [3.05, 3.63) is 81.8 Å². The average Bonchev–Trinajstić information content (AvgIpc) is 2.88. The Labute approximate surface area is 234 Å². The van der Waals surface area contributed by atoms with Crippen molar-refractivity contribution >= 4 is 67.1 Å². The first-order chi connectivity index (χ1) is 18.5. The Kier molecular flexibility index (Phi) is 8.41. The molecule has 4 aromatic carbocycles. The van der Waals surface area contributed by atoms with Crippen molar-refractivity contribution in [2.24, 2.45) is 10.2 Å². The van der Waals surface area contributed by atoms with Crippen LogP contribution in [-0.2, 0) is 16.5 Å². The summed E-state index contributed by atoms with van der Waals surface area (Å²) in [6.45, 7) is 3.91. The summed E-state index contributed by atoms with van der Waals surface area (Å²) in [6, 6.07) is 15.8. The third-order valence-electron chi connectivity index (χ3n) is 5.80. The number of aromatic hydroxyl groups is 1. The van der Waals surface area contributed by atoms with Gasteiger partial charge in [-0.05, 0) is 60.7 Å². The molecule has 0 aliphatic heterocycles. The van der Waals surface area contributed by atoms with Gasteiger partial charge < -0.3 is 15.2 Å². The summed E-state index contributed by atoms with van der Waals surface area (Å²) in [4.78, 5) is 12.9. The molecule has 0 aromatic heterocycles. The topological polar surface area (TPSA) is 138 Å². The van der Waals surface area contributed by atoms with Gasteiger partial charge in [0.25, 0.3) is 16.0 Å². The van der Waals surface area contributed by atoms with Crippen LogP contribution in [-0.4, -0.2) is 30.6 Å². The van der Waals surface area contributed by atoms with Gasteiger partial charge in [0.15, 0.2) is 5.75 Å². The number of rotatable bonds is 8. The van der Waals surface area contributed by atoms with Crippen molar-refractivity contribution in [3.63, 3.8) is 0 Å². The number of benzene rings is 4. The van der Waals surface area contributed by atoms with Crippen molar-refractivity contribution in [1.82, 2.24) is 0 Å². The molecule has 0 saturated heterocycles. The molecule has 4 rings (SSSR count). The lowest BCUT2D eigenvalue weighted by Gasteiger charge is -2.14. The second-order valence-electron chi connectivity index (χ2n) is 8.27. The number of azo groups is 1. The fourth-order valence-electron chi connectivity index (χ4n) is 3.99. The van der Waals surface area contributed by atoms with Crippen LogP contribution in [0.15, 0.2) is 75.8 Å². The molecule has 0 heterocycles. The maximum atomic E-state index is 13.3. The average molecular weight is 588 g/mol. The highest BCUT2D eigenvalue weighted by molar-refractivity contribution is 7.86. The van der Waals surface area contributed by atoms with Crippen molar-refractivity contribution in [2.75, 3.05) is 11.9 Å². The van der Waals surface area contributed by atoms with Crippen molar-refractivity contribution < 1.29 is 27.6 Å². The predicted molar refractivity (Wildman–Crippen MR) is 151 cm³/mol. The lowest BCUT2D eigenvalue weighted by Crippen LogP contribution is -2.13. The Bertz CT molecular complexity index is 1720. The largest absolute Gasteiger partial charge is 0.505 e. The van der Waals surface area contributed by atoms with Gasteiger partial charge in [0.1, 0.15) is 16.3 Å². The number of anilines is 1. The molecule has 0 bridgehead atoms. The van der Waals surface area contributed by atoms with Crippen molar-refractivity contribution in [1.29, 1.82) is 0 Å². The zero-order chi connectivity index (χ0) is 28.3. The van der Waals surface area contributed by atoms with Crippen LogP contribution in [0.1, 0.15) is 29.8 Å². The highest BCUT2D eigenvalue weighted by Gasteiger charge is 2.22. The van der Waals surface area contributed by atoms with Gasteiger partial charge in [0.05, 0.1) is 28.6 Å². The van der Waals surface area contributed by atoms with Crippen LogP contribution in [0, 0.1) is 0 Å². The summed E-state index contributed by atoms with van der Waals surface area (Å²) < 4.78 is 38.3. The Balaban J connectivity index is 1.81. The van der Waals surface area contributed by atoms with Crippen LogP contribution in [0.3, 0.4) is 0 Å². The Morgan fingerprint density at radius 1 is 1.03 bits per heavy atom. The molecule has 9 nitrogen and oxygen atoms in total. The number of hydrogen-bond acceptors (Lipinski definition) is 7. The summed E-state index contributed by atoms with van der Waals surface area (Å²) in [7, 11) is -4.54. The summed E-state index contributed by atoms with van der Waals surface area (Å²) in [5, 5.41) is 23.7. The number of nitrogens with one attached hydrogen (secondary N) is 1. The van der Waals surface area contributed by atoms with Crippen LogP contribution in [0.4, 0.5) is 17.1 Å². The van der Waals surface area contributed by atoms with Crippen LogP contribution in [0.25, 0.3) is 10.8 Å². The molecule has 0 fully saturated rings. The number of amides is 1. The normalized spacial score (nSPS) is 11.7. The molecule has 0 radical (unpaired) electrons. The van der Waals surface area contributed by atoms with Crippen LogP contribution < -0.4 is 10.1 Å². The van der Waals surface area contributed by atoms with Gasteiger partial charge in [0.2, 0.25) is 0 Å². The predicted octanol–water partition coefficient (Wildman–Crippen LogP) is 7.73. The maximum absolute atomic E-state index is 13.3. The van der Waals surface area contributed by atoms with Gasteiger partial charge in [0, 0.05) is 10.4 Å². The molecule has 0 unspecified atom stereocenters. The Morgan fingerprint density at radius 3 is 2.46 bits per heavy atom. The standard InChI is InChI=1S/C27H23Cl2N3O6S/c1-3-17-20(10-12-23(24(17)29)39(35,36)37)31-32-25-18-8-6-5-7-15(18)13-19(26(25)33)27(34)30-21-14-16(28)9-11-22(21)38-4-2/h5-14,33H,3-4H2,1-2H3,(H,30,34)(H,35,36,37). The fraction of sp³-hybridized carbons (Fsp3) is 0.148. The number of halogens is 2. The minimum atomic E-state index is -4.54. The first kappa shape index (κ1) is 28.3. The van der Waals surface area contributed by atoms with E-state index in [1.807, 2.05) is 0 Å². The van der Waals surface area contributed by atoms with E-state index < -0.39 is 26.7 Å². The van der Waals surface area contributed by atoms with E-state index in [2.05, 4.69) is 15.5 Å². The molecule has 4 aromatic rings. The minimum absolute atomic E-state index is 0.0198. The number of carbonyl (C=O) groups is 1. The van der Waals surface area contributed by atoms with E-state index in [0.717, 1.165) is 6.07 Å². The number of ether oxygens (including phenoxy) is 1. The fourth-order valence-corrected chi connectivity index (χ4v) is 5.33. The Hall–Kier alpha value is -3.70. The van der Waals surface area contributed by atoms with Gasteiger partial charge >= 0.3 is 0 Å². The Morgan fingerprint density at radius 2 is 1.77 bits per heavy atom. The monoisotopic (exact) mass is 587 g/mol. The molecule has 1 amide bonds. The molecule has 0 saturated carbocycles. The van der Waals surface area contributed by atoms with Gasteiger partial charge in [-0.3, -0.25) is 9.35 Å². The second-order valence-corrected chi connectivity index (χ2v) is 10.5. The first-order valence-electron chi connectivity index (χ1n) is 11.7. The third-order valence-corrected chi connectivity index (χ3v) is 7.48. The number of fused-ring (bicyclic) bond motifs is 1. The second kappa shape index (κ2) is 11.6. The molecule has 0 spiro atoms. The van der Waals surface area contributed by atoms with E-state index in [1.54, 1.807) is 50.2 Å². The number of hydrogen-bond donors (Lipinski definition) is 3. The molecule has 12 heteroatoms. The number of phenols is 1. The van der Waals surface area contributed by atoms with E-state index >= 15 is 0 Å². The number of nitrogens with zero attached hydrogens (tertiary/aromatic N) is 2. The zero-order valence-corrected chi connectivity index (χ0v) is 23.1. The summed E-state index contributed by atoms with van der Waals surface area (Å²) >= 11 is 12.3. The highest BCUT2D eigenvalue weighted by atomic mass is 35.5. The first-order valence-corrected chi connectivity index (χ1v) is 13.9. The van der Waals surface area contributed by atoms with Crippen LogP contribution >= 0.6 is 23.2 Å². The van der Waals surface area contributed by atoms with Crippen LogP contribution in [0.2, 0.25) is 10.0 Å². The van der Waals surface area contributed by atoms with Crippen molar-refractivity contribution in [2.45, 2.75) is 25.2 Å². The zero-order valence-electron chi connectivity index (χ0n) is 20.8. The van der Waals surface area contributed by atoms with E-state index in [9.17, 15) is 22.9 Å². The molecule has 0 atom stereocenters. The molecular formula is C27H23Cl2N3O6S. The van der Waals surface area contributed by atoms with E-state index in [1.165, 1.54) is 18.2 Å². The SMILES string of the molecule is CCOc1ccc(Cl)cc1NC(=O)c1cc2ccccc2c(N=Nc2ccc(S(=O)(=O)O)c(Cl)c2CC)c1O.